The fourth-order valence-electron chi connectivity index (χ4n) is 4.74. The van der Waals surface area contributed by atoms with Crippen LogP contribution in [-0.2, 0) is 17.5 Å². The summed E-state index contributed by atoms with van der Waals surface area (Å²) in [5.41, 5.74) is 4.19. The molecule has 0 saturated heterocycles. The number of pyridine rings is 1. The first-order chi connectivity index (χ1) is 17.1. The summed E-state index contributed by atoms with van der Waals surface area (Å²) in [4.78, 5) is 17.8. The van der Waals surface area contributed by atoms with Crippen molar-refractivity contribution in [1.82, 2.24) is 18.7 Å². The second kappa shape index (κ2) is 9.51. The Kier molecular flexibility index (Phi) is 6.68. The smallest absolute Gasteiger partial charge is 0.329 e. The quantitative estimate of drug-likeness (QED) is 0.175. The average molecular weight is 525 g/mol. The van der Waals surface area contributed by atoms with Gasteiger partial charge in [-0.25, -0.2) is 4.79 Å². The Balaban J connectivity index is 1.41. The lowest BCUT2D eigenvalue weighted by atomic mass is 10.2. The topological polar surface area (TPSA) is 54.0 Å². The zero-order chi connectivity index (χ0) is 25.7. The number of aromatic nitrogens is 4. The van der Waals surface area contributed by atoms with Crippen molar-refractivity contribution < 1.29 is 4.43 Å². The van der Waals surface area contributed by atoms with Crippen LogP contribution < -0.4 is 5.69 Å². The van der Waals surface area contributed by atoms with Crippen LogP contribution in [0.15, 0.2) is 47.5 Å². The number of fused-ring (bicyclic) bond motifs is 2. The van der Waals surface area contributed by atoms with Crippen LogP contribution in [0.1, 0.15) is 58.2 Å². The van der Waals surface area contributed by atoms with E-state index in [2.05, 4.69) is 55.5 Å². The van der Waals surface area contributed by atoms with E-state index in [1.54, 1.807) is 6.20 Å². The number of aryl methyl sites for hydroxylation is 1. The minimum atomic E-state index is -1.74. The van der Waals surface area contributed by atoms with Gasteiger partial charge in [0.15, 0.2) is 8.32 Å². The second-order valence-corrected chi connectivity index (χ2v) is 16.9. The number of rotatable bonds is 9. The van der Waals surface area contributed by atoms with E-state index >= 15 is 0 Å². The highest BCUT2D eigenvalue weighted by Crippen LogP contribution is 2.37. The van der Waals surface area contributed by atoms with Gasteiger partial charge in [-0.05, 0) is 74.1 Å². The molecular formula is C28H37ClN4O2Si. The summed E-state index contributed by atoms with van der Waals surface area (Å²) in [7, 11) is -1.74. The van der Waals surface area contributed by atoms with Crippen molar-refractivity contribution in [2.45, 2.75) is 83.7 Å². The summed E-state index contributed by atoms with van der Waals surface area (Å²) in [5.74, 6) is 0. The van der Waals surface area contributed by atoms with Gasteiger partial charge in [-0.3, -0.25) is 14.1 Å². The molecule has 0 unspecified atom stereocenters. The van der Waals surface area contributed by atoms with Crippen LogP contribution in [0.2, 0.25) is 23.2 Å². The second-order valence-electron chi connectivity index (χ2n) is 11.6. The average Bonchev–Trinajstić information content (AvgIpc) is 3.53. The van der Waals surface area contributed by atoms with Gasteiger partial charge in [0, 0.05) is 47.0 Å². The lowest BCUT2D eigenvalue weighted by Gasteiger charge is -2.36. The highest BCUT2D eigenvalue weighted by atomic mass is 35.5. The van der Waals surface area contributed by atoms with Crippen LogP contribution in [0.4, 0.5) is 0 Å². The molecule has 1 saturated carbocycles. The van der Waals surface area contributed by atoms with Crippen molar-refractivity contribution in [2.24, 2.45) is 0 Å². The third kappa shape index (κ3) is 4.81. The van der Waals surface area contributed by atoms with E-state index in [4.69, 9.17) is 16.0 Å². The van der Waals surface area contributed by atoms with Crippen LogP contribution in [0.3, 0.4) is 0 Å². The number of hydrogen-bond donors (Lipinski definition) is 0. The van der Waals surface area contributed by atoms with Gasteiger partial charge in [0.25, 0.3) is 0 Å². The van der Waals surface area contributed by atoms with E-state index in [0.29, 0.717) is 12.6 Å². The molecule has 5 rings (SSSR count). The van der Waals surface area contributed by atoms with E-state index in [9.17, 15) is 4.79 Å². The minimum absolute atomic E-state index is 0.0538. The third-order valence-electron chi connectivity index (χ3n) is 7.99. The highest BCUT2D eigenvalue weighted by molar-refractivity contribution is 6.74. The van der Waals surface area contributed by atoms with Crippen molar-refractivity contribution >= 4 is 41.9 Å². The van der Waals surface area contributed by atoms with Crippen LogP contribution in [0, 0.1) is 0 Å². The largest absolute Gasteiger partial charge is 0.417 e. The molecule has 0 amide bonds. The van der Waals surface area contributed by atoms with E-state index in [1.807, 2.05) is 33.5 Å². The zero-order valence-corrected chi connectivity index (χ0v) is 23.8. The number of hydrogen-bond acceptors (Lipinski definition) is 3. The Morgan fingerprint density at radius 1 is 1.06 bits per heavy atom. The van der Waals surface area contributed by atoms with Crippen molar-refractivity contribution in [3.8, 4) is 0 Å². The molecule has 8 heteroatoms. The van der Waals surface area contributed by atoms with Crippen LogP contribution in [-0.4, -0.2) is 33.6 Å². The molecule has 0 atom stereocenters. The van der Waals surface area contributed by atoms with Gasteiger partial charge in [-0.15, -0.1) is 0 Å². The molecule has 1 fully saturated rings. The SMILES string of the molecule is CC(C)(C)[Si](C)(C)OCCCCn1c(Cn2c(=O)n(C3CC3)c3ccncc32)cc2cc(Cl)ccc21. The third-order valence-corrected chi connectivity index (χ3v) is 12.8. The zero-order valence-electron chi connectivity index (χ0n) is 22.1. The molecule has 0 aliphatic heterocycles. The lowest BCUT2D eigenvalue weighted by Crippen LogP contribution is -2.40. The summed E-state index contributed by atoms with van der Waals surface area (Å²) < 4.78 is 12.6. The molecule has 1 aliphatic carbocycles. The molecule has 3 aromatic heterocycles. The molecule has 0 spiro atoms. The van der Waals surface area contributed by atoms with E-state index in [0.717, 1.165) is 71.5 Å². The number of imidazole rings is 1. The maximum absolute atomic E-state index is 13.5. The van der Waals surface area contributed by atoms with Crippen LogP contribution in [0.25, 0.3) is 21.9 Å². The summed E-state index contributed by atoms with van der Waals surface area (Å²) in [6.07, 6.45) is 7.74. The molecule has 0 N–H and O–H groups in total. The summed E-state index contributed by atoms with van der Waals surface area (Å²) in [6.45, 7) is 13.6. The van der Waals surface area contributed by atoms with E-state index in [1.165, 1.54) is 0 Å². The van der Waals surface area contributed by atoms with Gasteiger partial charge in [-0.2, -0.15) is 0 Å². The van der Waals surface area contributed by atoms with Gasteiger partial charge in [0.1, 0.15) is 0 Å². The molecule has 6 nitrogen and oxygen atoms in total. The van der Waals surface area contributed by atoms with Gasteiger partial charge < -0.3 is 8.99 Å². The molecule has 4 aromatic rings. The van der Waals surface area contributed by atoms with Gasteiger partial charge in [-0.1, -0.05) is 32.4 Å². The van der Waals surface area contributed by atoms with Crippen LogP contribution in [0.5, 0.6) is 0 Å². The fraction of sp³-hybridized carbons (Fsp3) is 0.500. The predicted molar refractivity (Wildman–Crippen MR) is 151 cm³/mol. The Morgan fingerprint density at radius 3 is 2.56 bits per heavy atom. The van der Waals surface area contributed by atoms with Gasteiger partial charge in [0.05, 0.1) is 23.8 Å². The Labute approximate surface area is 219 Å². The predicted octanol–water partition coefficient (Wildman–Crippen LogP) is 6.99. The minimum Gasteiger partial charge on any atom is -0.417 e. The van der Waals surface area contributed by atoms with Crippen molar-refractivity contribution in [3.63, 3.8) is 0 Å². The molecule has 0 bridgehead atoms. The fourth-order valence-corrected chi connectivity index (χ4v) is 6.01. The molecule has 1 aromatic carbocycles. The first kappa shape index (κ1) is 25.3. The molecule has 192 valence electrons. The molecule has 36 heavy (non-hydrogen) atoms. The highest BCUT2D eigenvalue weighted by Gasteiger charge is 2.36. The van der Waals surface area contributed by atoms with Gasteiger partial charge in [0.2, 0.25) is 0 Å². The number of nitrogens with zero attached hydrogens (tertiary/aromatic N) is 4. The maximum atomic E-state index is 13.5. The van der Waals surface area contributed by atoms with E-state index < -0.39 is 8.32 Å². The Bertz CT molecular complexity index is 1460. The summed E-state index contributed by atoms with van der Waals surface area (Å²) in [5, 5.41) is 2.05. The summed E-state index contributed by atoms with van der Waals surface area (Å²) >= 11 is 6.33. The number of unbranched alkanes of at least 4 members (excludes halogenated alkanes) is 1. The molecule has 1 aliphatic rings. The van der Waals surface area contributed by atoms with Crippen molar-refractivity contribution in [3.05, 3.63) is 63.9 Å². The molecular weight excluding hydrogens is 488 g/mol. The van der Waals surface area contributed by atoms with Crippen molar-refractivity contribution in [2.75, 3.05) is 6.61 Å². The summed E-state index contributed by atoms with van der Waals surface area (Å²) in [6, 6.07) is 10.5. The Morgan fingerprint density at radius 2 is 1.83 bits per heavy atom. The molecule has 0 radical (unpaired) electrons. The number of halogens is 1. The normalized spacial score (nSPS) is 14.8. The maximum Gasteiger partial charge on any atom is 0.329 e. The van der Waals surface area contributed by atoms with Crippen LogP contribution >= 0.6 is 11.6 Å². The lowest BCUT2D eigenvalue weighted by molar-refractivity contribution is 0.276. The standard InChI is InChI=1S/C28H37ClN4O2Si/c1-28(2,3)36(4,5)35-15-7-6-14-31-23(17-20-16-21(29)8-11-24(20)31)19-32-26-18-30-13-12-25(26)33(27(32)34)22-9-10-22/h8,11-13,16-18,22H,6-7,9-10,14-15,19H2,1-5H3. The van der Waals surface area contributed by atoms with Gasteiger partial charge >= 0.3 is 5.69 Å². The van der Waals surface area contributed by atoms with Crippen molar-refractivity contribution in [1.29, 1.82) is 0 Å². The monoisotopic (exact) mass is 524 g/mol. The number of benzene rings is 1. The van der Waals surface area contributed by atoms with E-state index in [-0.39, 0.29) is 10.7 Å². The Hall–Kier alpha value is -2.35. The molecule has 3 heterocycles. The first-order valence-electron chi connectivity index (χ1n) is 13.0. The first-order valence-corrected chi connectivity index (χ1v) is 16.3.